The Morgan fingerprint density at radius 2 is 2.27 bits per heavy atom. The van der Waals surface area contributed by atoms with Crippen LogP contribution in [-0.2, 0) is 7.05 Å². The number of nitrogens with two attached hydrogens (primary N) is 1. The maximum Gasteiger partial charge on any atom is 0.185 e. The van der Waals surface area contributed by atoms with Gasteiger partial charge in [0.25, 0.3) is 0 Å². The van der Waals surface area contributed by atoms with Crippen LogP contribution in [0.25, 0.3) is 0 Å². The van der Waals surface area contributed by atoms with Gasteiger partial charge in [-0.25, -0.2) is 0 Å². The van der Waals surface area contributed by atoms with Crippen molar-refractivity contribution >= 4 is 5.78 Å². The van der Waals surface area contributed by atoms with E-state index in [2.05, 4.69) is 5.10 Å². The molecule has 0 radical (unpaired) electrons. The van der Waals surface area contributed by atoms with Gasteiger partial charge in [-0.3, -0.25) is 9.48 Å². The number of carbonyl (C=O) groups is 1. The van der Waals surface area contributed by atoms with Crippen LogP contribution < -0.4 is 5.73 Å². The van der Waals surface area contributed by atoms with Crippen molar-refractivity contribution in [1.29, 1.82) is 0 Å². The highest BCUT2D eigenvalue weighted by atomic mass is 16.1. The average Bonchev–Trinajstić information content (AvgIpc) is 2.64. The first kappa shape index (κ1) is 10.4. The summed E-state index contributed by atoms with van der Waals surface area (Å²) in [6, 6.07) is 1.80. The van der Waals surface area contributed by atoms with Gasteiger partial charge in [0.1, 0.15) is 5.69 Å². The molecule has 0 aliphatic heterocycles. The number of hydrogen-bond acceptors (Lipinski definition) is 3. The number of aryl methyl sites for hydroxylation is 1. The predicted octanol–water partition coefficient (Wildman–Crippen LogP) is 1.12. The Morgan fingerprint density at radius 3 is 2.87 bits per heavy atom. The lowest BCUT2D eigenvalue weighted by atomic mass is 9.81. The van der Waals surface area contributed by atoms with Crippen molar-refractivity contribution in [2.45, 2.75) is 31.7 Å². The molecule has 2 N–H and O–H groups in total. The minimum atomic E-state index is -0.00542. The number of carbonyl (C=O) groups excluding carboxylic acids is 1. The molecule has 4 heteroatoms. The van der Waals surface area contributed by atoms with Crippen LogP contribution in [0.3, 0.4) is 0 Å². The Morgan fingerprint density at radius 1 is 1.53 bits per heavy atom. The van der Waals surface area contributed by atoms with E-state index in [4.69, 9.17) is 5.73 Å². The molecule has 2 unspecified atom stereocenters. The van der Waals surface area contributed by atoms with Gasteiger partial charge in [0, 0.05) is 25.2 Å². The van der Waals surface area contributed by atoms with Crippen LogP contribution in [-0.4, -0.2) is 21.6 Å². The third kappa shape index (κ3) is 1.95. The molecule has 1 aliphatic carbocycles. The molecule has 15 heavy (non-hydrogen) atoms. The lowest BCUT2D eigenvalue weighted by Crippen LogP contribution is -2.38. The van der Waals surface area contributed by atoms with Gasteiger partial charge in [0.2, 0.25) is 0 Å². The van der Waals surface area contributed by atoms with Crippen LogP contribution in [0.15, 0.2) is 12.3 Å². The third-order valence-corrected chi connectivity index (χ3v) is 3.23. The van der Waals surface area contributed by atoms with E-state index in [9.17, 15) is 4.79 Å². The SMILES string of the molecule is Cn1nccc1C(=O)C1CCCCC1N. The Bertz CT molecular complexity index is 358. The molecule has 1 aromatic rings. The fourth-order valence-corrected chi connectivity index (χ4v) is 2.29. The summed E-state index contributed by atoms with van der Waals surface area (Å²) in [4.78, 5) is 12.2. The lowest BCUT2D eigenvalue weighted by Gasteiger charge is -2.27. The van der Waals surface area contributed by atoms with Gasteiger partial charge >= 0.3 is 0 Å². The summed E-state index contributed by atoms with van der Waals surface area (Å²) in [6.45, 7) is 0. The number of rotatable bonds is 2. The minimum absolute atomic E-state index is 0.00542. The van der Waals surface area contributed by atoms with Gasteiger partial charge in [0.15, 0.2) is 5.78 Å². The quantitative estimate of drug-likeness (QED) is 0.739. The van der Waals surface area contributed by atoms with Gasteiger partial charge < -0.3 is 5.73 Å². The summed E-state index contributed by atoms with van der Waals surface area (Å²) >= 11 is 0. The van der Waals surface area contributed by atoms with E-state index in [-0.39, 0.29) is 17.7 Å². The van der Waals surface area contributed by atoms with E-state index in [1.165, 1.54) is 0 Å². The number of aromatic nitrogens is 2. The second-order valence-corrected chi connectivity index (χ2v) is 4.26. The summed E-state index contributed by atoms with van der Waals surface area (Å²) in [5.74, 6) is 0.149. The van der Waals surface area contributed by atoms with Crippen LogP contribution in [0.2, 0.25) is 0 Å². The first-order chi connectivity index (χ1) is 7.20. The predicted molar refractivity (Wildman–Crippen MR) is 57.5 cm³/mol. The molecule has 2 rings (SSSR count). The van der Waals surface area contributed by atoms with E-state index in [0.29, 0.717) is 5.69 Å². The standard InChI is InChI=1S/C11H17N3O/c1-14-10(6-7-13-14)11(15)8-4-2-3-5-9(8)12/h6-9H,2-5,12H2,1H3. The monoisotopic (exact) mass is 207 g/mol. The molecule has 0 spiro atoms. The molecule has 2 atom stereocenters. The highest BCUT2D eigenvalue weighted by Crippen LogP contribution is 2.25. The van der Waals surface area contributed by atoms with Crippen LogP contribution in [0.4, 0.5) is 0 Å². The van der Waals surface area contributed by atoms with Crippen molar-refractivity contribution in [2.24, 2.45) is 18.7 Å². The molecule has 1 aliphatic rings. The molecule has 4 nitrogen and oxygen atoms in total. The zero-order valence-corrected chi connectivity index (χ0v) is 9.02. The molecule has 1 aromatic heterocycles. The van der Waals surface area contributed by atoms with Gasteiger partial charge in [-0.15, -0.1) is 0 Å². The highest BCUT2D eigenvalue weighted by molar-refractivity contribution is 5.96. The van der Waals surface area contributed by atoms with Crippen molar-refractivity contribution < 1.29 is 4.79 Å². The highest BCUT2D eigenvalue weighted by Gasteiger charge is 2.30. The van der Waals surface area contributed by atoms with E-state index in [0.717, 1.165) is 25.7 Å². The van der Waals surface area contributed by atoms with Gasteiger partial charge in [-0.2, -0.15) is 5.10 Å². The molecule has 0 bridgehead atoms. The normalized spacial score (nSPS) is 26.5. The fourth-order valence-electron chi connectivity index (χ4n) is 2.29. The Hall–Kier alpha value is -1.16. The third-order valence-electron chi connectivity index (χ3n) is 3.23. The topological polar surface area (TPSA) is 60.9 Å². The summed E-state index contributed by atoms with van der Waals surface area (Å²) in [5, 5.41) is 4.01. The second kappa shape index (κ2) is 4.14. The van der Waals surface area contributed by atoms with E-state index < -0.39 is 0 Å². The zero-order chi connectivity index (χ0) is 10.8. The Labute approximate surface area is 89.5 Å². The summed E-state index contributed by atoms with van der Waals surface area (Å²) in [6.07, 6.45) is 5.80. The van der Waals surface area contributed by atoms with E-state index in [1.54, 1.807) is 24.0 Å². The number of ketones is 1. The Balaban J connectivity index is 2.17. The molecule has 1 heterocycles. The molecule has 1 fully saturated rings. The van der Waals surface area contributed by atoms with Crippen molar-refractivity contribution in [3.63, 3.8) is 0 Å². The van der Waals surface area contributed by atoms with Crippen LogP contribution >= 0.6 is 0 Å². The van der Waals surface area contributed by atoms with Crippen LogP contribution in [0.5, 0.6) is 0 Å². The maximum atomic E-state index is 12.2. The molecule has 1 saturated carbocycles. The van der Waals surface area contributed by atoms with Crippen molar-refractivity contribution in [1.82, 2.24) is 9.78 Å². The maximum absolute atomic E-state index is 12.2. The molecule has 0 aromatic carbocycles. The first-order valence-corrected chi connectivity index (χ1v) is 5.48. The van der Waals surface area contributed by atoms with Gasteiger partial charge in [0.05, 0.1) is 0 Å². The number of Topliss-reactive ketones (excluding diaryl/α,β-unsaturated/α-hetero) is 1. The Kier molecular flexibility index (Phi) is 2.86. The molecular weight excluding hydrogens is 190 g/mol. The average molecular weight is 207 g/mol. The minimum Gasteiger partial charge on any atom is -0.327 e. The molecular formula is C11H17N3O. The second-order valence-electron chi connectivity index (χ2n) is 4.26. The summed E-state index contributed by atoms with van der Waals surface area (Å²) in [5.41, 5.74) is 6.66. The first-order valence-electron chi connectivity index (χ1n) is 5.48. The molecule has 0 amide bonds. The lowest BCUT2D eigenvalue weighted by molar-refractivity contribution is 0.0861. The van der Waals surface area contributed by atoms with Crippen molar-refractivity contribution in [3.05, 3.63) is 18.0 Å². The van der Waals surface area contributed by atoms with E-state index >= 15 is 0 Å². The van der Waals surface area contributed by atoms with Gasteiger partial charge in [-0.05, 0) is 18.9 Å². The van der Waals surface area contributed by atoms with Crippen LogP contribution in [0.1, 0.15) is 36.2 Å². The van der Waals surface area contributed by atoms with E-state index in [1.807, 2.05) is 0 Å². The zero-order valence-electron chi connectivity index (χ0n) is 9.02. The fraction of sp³-hybridized carbons (Fsp3) is 0.636. The smallest absolute Gasteiger partial charge is 0.185 e. The molecule has 0 saturated heterocycles. The van der Waals surface area contributed by atoms with Crippen molar-refractivity contribution in [2.75, 3.05) is 0 Å². The van der Waals surface area contributed by atoms with Crippen LogP contribution in [0, 0.1) is 5.92 Å². The summed E-state index contributed by atoms with van der Waals surface area (Å²) in [7, 11) is 1.79. The molecule has 82 valence electrons. The van der Waals surface area contributed by atoms with Crippen molar-refractivity contribution in [3.8, 4) is 0 Å². The largest absolute Gasteiger partial charge is 0.327 e. The van der Waals surface area contributed by atoms with Gasteiger partial charge in [-0.1, -0.05) is 12.8 Å². The summed E-state index contributed by atoms with van der Waals surface area (Å²) < 4.78 is 1.63. The number of hydrogen-bond donors (Lipinski definition) is 1. The number of nitrogens with zero attached hydrogens (tertiary/aromatic N) is 2.